The van der Waals surface area contributed by atoms with Crippen molar-refractivity contribution in [1.82, 2.24) is 15.0 Å². The summed E-state index contributed by atoms with van der Waals surface area (Å²) < 4.78 is 1.53. The minimum absolute atomic E-state index is 0.186. The molecule has 0 unspecified atom stereocenters. The number of nitrogens with zero attached hydrogens (tertiary/aromatic N) is 3. The van der Waals surface area contributed by atoms with E-state index >= 15 is 0 Å². The summed E-state index contributed by atoms with van der Waals surface area (Å²) in [5, 5.41) is 8.28. The highest BCUT2D eigenvalue weighted by atomic mass is 35.5. The Bertz CT molecular complexity index is 562. The molecule has 5 nitrogen and oxygen atoms in total. The van der Waals surface area contributed by atoms with Gasteiger partial charge in [-0.15, -0.1) is 5.10 Å². The van der Waals surface area contributed by atoms with Crippen molar-refractivity contribution in [2.75, 3.05) is 5.73 Å². The van der Waals surface area contributed by atoms with Crippen LogP contribution in [-0.2, 0) is 6.54 Å². The summed E-state index contributed by atoms with van der Waals surface area (Å²) >= 11 is 5.77. The Balaban J connectivity index is 2.31. The van der Waals surface area contributed by atoms with Crippen LogP contribution in [0.25, 0.3) is 0 Å². The van der Waals surface area contributed by atoms with E-state index in [-0.39, 0.29) is 11.5 Å². The van der Waals surface area contributed by atoms with Gasteiger partial charge in [-0.05, 0) is 30.7 Å². The van der Waals surface area contributed by atoms with Gasteiger partial charge in [0.05, 0.1) is 0 Å². The molecular weight excluding hydrogens is 252 g/mol. The molecule has 0 aliphatic heterocycles. The molecule has 2 N–H and O–H groups in total. The van der Waals surface area contributed by atoms with Crippen molar-refractivity contribution in [1.29, 1.82) is 0 Å². The lowest BCUT2D eigenvalue weighted by Crippen LogP contribution is -2.08. The summed E-state index contributed by atoms with van der Waals surface area (Å²) in [5.74, 6) is 0.0586. The van der Waals surface area contributed by atoms with E-state index in [1.165, 1.54) is 4.68 Å². The number of carbonyl (C=O) groups excluding carboxylic acids is 1. The molecule has 0 bridgehead atoms. The van der Waals surface area contributed by atoms with E-state index in [0.29, 0.717) is 22.9 Å². The SMILES string of the molecule is CCCn1nnc(C(=O)c2ccc(Cl)cc2)c1N. The van der Waals surface area contributed by atoms with Crippen LogP contribution in [0.2, 0.25) is 5.02 Å². The fourth-order valence-corrected chi connectivity index (χ4v) is 1.72. The van der Waals surface area contributed by atoms with Crippen molar-refractivity contribution in [3.63, 3.8) is 0 Å². The lowest BCUT2D eigenvalue weighted by molar-refractivity contribution is 0.103. The van der Waals surface area contributed by atoms with Gasteiger partial charge < -0.3 is 5.73 Å². The zero-order valence-electron chi connectivity index (χ0n) is 9.93. The van der Waals surface area contributed by atoms with Crippen LogP contribution in [0.4, 0.5) is 5.82 Å². The third kappa shape index (κ3) is 2.36. The van der Waals surface area contributed by atoms with Gasteiger partial charge in [0.15, 0.2) is 11.5 Å². The highest BCUT2D eigenvalue weighted by molar-refractivity contribution is 6.30. The Morgan fingerprint density at radius 3 is 2.67 bits per heavy atom. The minimum Gasteiger partial charge on any atom is -0.382 e. The number of aromatic nitrogens is 3. The second-order valence-electron chi connectivity index (χ2n) is 3.88. The Hall–Kier alpha value is -1.88. The van der Waals surface area contributed by atoms with Gasteiger partial charge in [-0.25, -0.2) is 4.68 Å². The minimum atomic E-state index is -0.244. The highest BCUT2D eigenvalue weighted by Gasteiger charge is 2.18. The Kier molecular flexibility index (Phi) is 3.62. The molecule has 1 heterocycles. The van der Waals surface area contributed by atoms with E-state index < -0.39 is 0 Å². The predicted molar refractivity (Wildman–Crippen MR) is 69.6 cm³/mol. The quantitative estimate of drug-likeness (QED) is 0.859. The summed E-state index contributed by atoms with van der Waals surface area (Å²) in [7, 11) is 0. The molecule has 18 heavy (non-hydrogen) atoms. The first-order chi connectivity index (χ1) is 8.63. The largest absolute Gasteiger partial charge is 0.382 e. The van der Waals surface area contributed by atoms with Crippen molar-refractivity contribution < 1.29 is 4.79 Å². The topological polar surface area (TPSA) is 73.8 Å². The lowest BCUT2D eigenvalue weighted by atomic mass is 10.1. The first-order valence-corrected chi connectivity index (χ1v) is 6.00. The lowest BCUT2D eigenvalue weighted by Gasteiger charge is -2.01. The molecule has 0 radical (unpaired) electrons. The summed E-state index contributed by atoms with van der Waals surface area (Å²) in [6.07, 6.45) is 0.877. The molecule has 1 aromatic carbocycles. The maximum absolute atomic E-state index is 12.2. The Labute approximate surface area is 110 Å². The number of nitrogen functional groups attached to an aromatic ring is 1. The van der Waals surface area contributed by atoms with Crippen LogP contribution in [0.15, 0.2) is 24.3 Å². The molecule has 0 saturated carbocycles. The molecule has 1 aromatic heterocycles. The van der Waals surface area contributed by atoms with E-state index in [0.717, 1.165) is 6.42 Å². The van der Waals surface area contributed by atoms with E-state index in [4.69, 9.17) is 17.3 Å². The van der Waals surface area contributed by atoms with Crippen molar-refractivity contribution in [3.8, 4) is 0 Å². The van der Waals surface area contributed by atoms with Gasteiger partial charge >= 0.3 is 0 Å². The molecule has 0 aliphatic carbocycles. The number of rotatable bonds is 4. The molecular formula is C12H13ClN4O. The molecule has 0 saturated heterocycles. The third-order valence-corrected chi connectivity index (χ3v) is 2.78. The fourth-order valence-electron chi connectivity index (χ4n) is 1.60. The van der Waals surface area contributed by atoms with Crippen LogP contribution in [0.1, 0.15) is 29.4 Å². The number of carbonyl (C=O) groups is 1. The van der Waals surface area contributed by atoms with Crippen LogP contribution in [0.5, 0.6) is 0 Å². The second-order valence-corrected chi connectivity index (χ2v) is 4.32. The van der Waals surface area contributed by atoms with Gasteiger partial charge in [-0.2, -0.15) is 0 Å². The van der Waals surface area contributed by atoms with E-state index in [1.54, 1.807) is 24.3 Å². The Morgan fingerprint density at radius 1 is 1.39 bits per heavy atom. The van der Waals surface area contributed by atoms with Gasteiger partial charge in [-0.1, -0.05) is 23.7 Å². The van der Waals surface area contributed by atoms with Gasteiger partial charge in [0.2, 0.25) is 5.78 Å². The standard InChI is InChI=1S/C12H13ClN4O/c1-2-7-17-12(14)10(15-16-17)11(18)8-3-5-9(13)6-4-8/h3-6H,2,7,14H2,1H3. The van der Waals surface area contributed by atoms with Crippen LogP contribution < -0.4 is 5.73 Å². The third-order valence-electron chi connectivity index (χ3n) is 2.53. The monoisotopic (exact) mass is 264 g/mol. The number of hydrogen-bond acceptors (Lipinski definition) is 4. The van der Waals surface area contributed by atoms with E-state index in [9.17, 15) is 4.79 Å². The van der Waals surface area contributed by atoms with Crippen LogP contribution in [0.3, 0.4) is 0 Å². The smallest absolute Gasteiger partial charge is 0.217 e. The van der Waals surface area contributed by atoms with Gasteiger partial charge in [0, 0.05) is 17.1 Å². The average molecular weight is 265 g/mol. The number of anilines is 1. The zero-order valence-corrected chi connectivity index (χ0v) is 10.7. The van der Waals surface area contributed by atoms with E-state index in [1.807, 2.05) is 6.92 Å². The van der Waals surface area contributed by atoms with Crippen LogP contribution in [-0.4, -0.2) is 20.8 Å². The molecule has 2 rings (SSSR count). The first-order valence-electron chi connectivity index (χ1n) is 5.62. The van der Waals surface area contributed by atoms with Gasteiger partial charge in [0.1, 0.15) is 0 Å². The summed E-state index contributed by atoms with van der Waals surface area (Å²) in [5.41, 5.74) is 6.53. The summed E-state index contributed by atoms with van der Waals surface area (Å²) in [6.45, 7) is 2.65. The second kappa shape index (κ2) is 5.18. The number of hydrogen-bond donors (Lipinski definition) is 1. The Morgan fingerprint density at radius 2 is 2.06 bits per heavy atom. The van der Waals surface area contributed by atoms with Crippen molar-refractivity contribution in [2.45, 2.75) is 19.9 Å². The summed E-state index contributed by atoms with van der Waals surface area (Å²) in [4.78, 5) is 12.2. The first kappa shape index (κ1) is 12.6. The van der Waals surface area contributed by atoms with Crippen molar-refractivity contribution >= 4 is 23.2 Å². The maximum Gasteiger partial charge on any atom is 0.217 e. The fraction of sp³-hybridized carbons (Fsp3) is 0.250. The maximum atomic E-state index is 12.2. The molecule has 94 valence electrons. The van der Waals surface area contributed by atoms with Crippen molar-refractivity contribution in [3.05, 3.63) is 40.5 Å². The average Bonchev–Trinajstić information content (AvgIpc) is 2.72. The zero-order chi connectivity index (χ0) is 13.1. The predicted octanol–water partition coefficient (Wildman–Crippen LogP) is 2.15. The van der Waals surface area contributed by atoms with Gasteiger partial charge in [0.25, 0.3) is 0 Å². The normalized spacial score (nSPS) is 10.6. The number of halogens is 1. The molecule has 0 fully saturated rings. The molecule has 0 spiro atoms. The molecule has 6 heteroatoms. The van der Waals surface area contributed by atoms with Crippen LogP contribution in [0, 0.1) is 0 Å². The molecule has 0 atom stereocenters. The molecule has 0 aliphatic rings. The number of benzene rings is 1. The number of nitrogens with two attached hydrogens (primary N) is 1. The highest BCUT2D eigenvalue weighted by Crippen LogP contribution is 2.16. The number of ketones is 1. The molecule has 0 amide bonds. The molecule has 2 aromatic rings. The van der Waals surface area contributed by atoms with E-state index in [2.05, 4.69) is 10.3 Å². The summed E-state index contributed by atoms with van der Waals surface area (Å²) in [6, 6.07) is 6.59. The van der Waals surface area contributed by atoms with Crippen LogP contribution >= 0.6 is 11.6 Å². The van der Waals surface area contributed by atoms with Crippen molar-refractivity contribution in [2.24, 2.45) is 0 Å². The van der Waals surface area contributed by atoms with Gasteiger partial charge in [-0.3, -0.25) is 4.79 Å². The number of aryl methyl sites for hydroxylation is 1.